The zero-order valence-electron chi connectivity index (χ0n) is 14.0. The van der Waals surface area contributed by atoms with Crippen molar-refractivity contribution in [3.8, 4) is 11.5 Å². The Morgan fingerprint density at radius 3 is 2.24 bits per heavy atom. The van der Waals surface area contributed by atoms with E-state index in [2.05, 4.69) is 9.97 Å². The number of nitrogens with two attached hydrogens (primary N) is 1. The van der Waals surface area contributed by atoms with Gasteiger partial charge < -0.3 is 10.5 Å². The summed E-state index contributed by atoms with van der Waals surface area (Å²) in [7, 11) is 0. The SMILES string of the molecule is CC(=O)N(c1ccc(Oc2ccccc2)cc1)c1c(C)ncnc1N. The Morgan fingerprint density at radius 1 is 1.00 bits per heavy atom. The average Bonchev–Trinajstić information content (AvgIpc) is 2.60. The van der Waals surface area contributed by atoms with Crippen molar-refractivity contribution in [1.82, 2.24) is 9.97 Å². The normalized spacial score (nSPS) is 10.3. The molecule has 0 unspecified atom stereocenters. The molecule has 2 aromatic carbocycles. The van der Waals surface area contributed by atoms with Crippen molar-refractivity contribution in [2.75, 3.05) is 10.6 Å². The van der Waals surface area contributed by atoms with Crippen molar-refractivity contribution < 1.29 is 9.53 Å². The Morgan fingerprint density at radius 2 is 1.64 bits per heavy atom. The van der Waals surface area contributed by atoms with E-state index in [0.717, 1.165) is 5.75 Å². The maximum atomic E-state index is 12.2. The van der Waals surface area contributed by atoms with Crippen LogP contribution in [0.5, 0.6) is 11.5 Å². The van der Waals surface area contributed by atoms with Gasteiger partial charge in [0.25, 0.3) is 0 Å². The number of aryl methyl sites for hydroxylation is 1. The minimum absolute atomic E-state index is 0.179. The van der Waals surface area contributed by atoms with Gasteiger partial charge >= 0.3 is 0 Å². The van der Waals surface area contributed by atoms with E-state index in [4.69, 9.17) is 10.5 Å². The summed E-state index contributed by atoms with van der Waals surface area (Å²) >= 11 is 0. The Kier molecular flexibility index (Phi) is 4.61. The maximum Gasteiger partial charge on any atom is 0.228 e. The topological polar surface area (TPSA) is 81.3 Å². The van der Waals surface area contributed by atoms with Gasteiger partial charge in [0.15, 0.2) is 5.82 Å². The number of aromatic nitrogens is 2. The van der Waals surface area contributed by atoms with Crippen LogP contribution in [-0.2, 0) is 4.79 Å². The number of hydrogen-bond donors (Lipinski definition) is 1. The quantitative estimate of drug-likeness (QED) is 0.784. The van der Waals surface area contributed by atoms with Crippen molar-refractivity contribution in [2.45, 2.75) is 13.8 Å². The molecule has 126 valence electrons. The Labute approximate surface area is 145 Å². The van der Waals surface area contributed by atoms with Crippen molar-refractivity contribution >= 4 is 23.1 Å². The predicted molar refractivity (Wildman–Crippen MR) is 97.0 cm³/mol. The van der Waals surface area contributed by atoms with Gasteiger partial charge in [0, 0.05) is 12.6 Å². The molecule has 1 amide bonds. The molecular weight excluding hydrogens is 316 g/mol. The lowest BCUT2D eigenvalue weighted by Gasteiger charge is -2.23. The van der Waals surface area contributed by atoms with E-state index in [-0.39, 0.29) is 11.7 Å². The molecule has 3 aromatic rings. The Hall–Kier alpha value is -3.41. The molecule has 0 radical (unpaired) electrons. The summed E-state index contributed by atoms with van der Waals surface area (Å²) < 4.78 is 5.77. The summed E-state index contributed by atoms with van der Waals surface area (Å²) in [5.74, 6) is 1.50. The molecule has 6 nitrogen and oxygen atoms in total. The Balaban J connectivity index is 1.92. The molecule has 6 heteroatoms. The predicted octanol–water partition coefficient (Wildman–Crippen LogP) is 3.84. The molecule has 0 atom stereocenters. The molecule has 1 aromatic heterocycles. The second-order valence-corrected chi connectivity index (χ2v) is 5.46. The van der Waals surface area contributed by atoms with E-state index >= 15 is 0 Å². The Bertz CT molecular complexity index is 859. The number of rotatable bonds is 4. The summed E-state index contributed by atoms with van der Waals surface area (Å²) in [5, 5.41) is 0. The third kappa shape index (κ3) is 3.58. The van der Waals surface area contributed by atoms with Crippen LogP contribution < -0.4 is 15.4 Å². The molecule has 3 rings (SSSR count). The molecule has 25 heavy (non-hydrogen) atoms. The molecule has 0 saturated heterocycles. The summed E-state index contributed by atoms with van der Waals surface area (Å²) in [6.07, 6.45) is 1.38. The first kappa shape index (κ1) is 16.4. The fraction of sp³-hybridized carbons (Fsp3) is 0.105. The van der Waals surface area contributed by atoms with Crippen LogP contribution in [0.1, 0.15) is 12.6 Å². The zero-order valence-corrected chi connectivity index (χ0v) is 14.0. The van der Waals surface area contributed by atoms with E-state index < -0.39 is 0 Å². The third-order valence-corrected chi connectivity index (χ3v) is 3.65. The highest BCUT2D eigenvalue weighted by Gasteiger charge is 2.20. The van der Waals surface area contributed by atoms with Gasteiger partial charge in [-0.3, -0.25) is 9.69 Å². The summed E-state index contributed by atoms with van der Waals surface area (Å²) in [4.78, 5) is 21.8. The molecule has 0 fully saturated rings. The van der Waals surface area contributed by atoms with E-state index in [1.54, 1.807) is 31.2 Å². The van der Waals surface area contributed by atoms with Gasteiger partial charge in [0.2, 0.25) is 5.91 Å². The summed E-state index contributed by atoms with van der Waals surface area (Å²) in [6, 6.07) is 16.7. The highest BCUT2D eigenvalue weighted by atomic mass is 16.5. The summed E-state index contributed by atoms with van der Waals surface area (Å²) in [5.41, 5.74) is 7.75. The molecule has 1 heterocycles. The van der Waals surface area contributed by atoms with Gasteiger partial charge in [-0.1, -0.05) is 18.2 Å². The van der Waals surface area contributed by atoms with Crippen molar-refractivity contribution in [1.29, 1.82) is 0 Å². The van der Waals surface area contributed by atoms with Crippen LogP contribution in [0.4, 0.5) is 17.2 Å². The second-order valence-electron chi connectivity index (χ2n) is 5.46. The molecule has 0 aliphatic rings. The smallest absolute Gasteiger partial charge is 0.228 e. The number of amides is 1. The van der Waals surface area contributed by atoms with Gasteiger partial charge in [-0.2, -0.15) is 0 Å². The largest absolute Gasteiger partial charge is 0.457 e. The molecular formula is C19H18N4O2. The number of benzene rings is 2. The van der Waals surface area contributed by atoms with Crippen LogP contribution in [0.2, 0.25) is 0 Å². The molecule has 0 spiro atoms. The lowest BCUT2D eigenvalue weighted by Crippen LogP contribution is -2.25. The number of carbonyl (C=O) groups excluding carboxylic acids is 1. The second kappa shape index (κ2) is 7.00. The van der Waals surface area contributed by atoms with Crippen molar-refractivity contribution in [3.63, 3.8) is 0 Å². The zero-order chi connectivity index (χ0) is 17.8. The standard InChI is InChI=1S/C19H18N4O2/c1-13-18(19(20)22-12-21-13)23(14(2)24)15-8-10-17(11-9-15)25-16-6-4-3-5-7-16/h3-12H,1-2H3,(H2,20,21,22). The van der Waals surface area contributed by atoms with E-state index in [1.807, 2.05) is 30.3 Å². The number of para-hydroxylation sites is 1. The minimum atomic E-state index is -0.179. The molecule has 0 saturated carbocycles. The van der Waals surface area contributed by atoms with Crippen molar-refractivity contribution in [2.24, 2.45) is 0 Å². The van der Waals surface area contributed by atoms with Crippen LogP contribution in [0, 0.1) is 6.92 Å². The average molecular weight is 334 g/mol. The molecule has 0 aliphatic carbocycles. The number of anilines is 3. The van der Waals surface area contributed by atoms with E-state index in [0.29, 0.717) is 22.8 Å². The first-order valence-corrected chi connectivity index (χ1v) is 7.77. The third-order valence-electron chi connectivity index (χ3n) is 3.65. The molecule has 2 N–H and O–H groups in total. The number of carbonyl (C=O) groups is 1. The number of nitrogens with zero attached hydrogens (tertiary/aromatic N) is 3. The first-order valence-electron chi connectivity index (χ1n) is 7.77. The molecule has 0 aliphatic heterocycles. The van der Waals surface area contributed by atoms with Crippen LogP contribution in [0.15, 0.2) is 60.9 Å². The number of nitrogen functional groups attached to an aromatic ring is 1. The van der Waals surface area contributed by atoms with Crippen molar-refractivity contribution in [3.05, 3.63) is 66.6 Å². The van der Waals surface area contributed by atoms with Crippen LogP contribution >= 0.6 is 0 Å². The summed E-state index contributed by atoms with van der Waals surface area (Å²) in [6.45, 7) is 3.26. The van der Waals surface area contributed by atoms with Gasteiger partial charge in [-0.05, 0) is 43.3 Å². The highest BCUT2D eigenvalue weighted by Crippen LogP contribution is 2.33. The molecule has 0 bridgehead atoms. The monoisotopic (exact) mass is 334 g/mol. The van der Waals surface area contributed by atoms with E-state index in [1.165, 1.54) is 18.2 Å². The fourth-order valence-corrected chi connectivity index (χ4v) is 2.52. The number of ether oxygens (including phenoxy) is 1. The maximum absolute atomic E-state index is 12.2. The van der Waals surface area contributed by atoms with Gasteiger partial charge in [-0.25, -0.2) is 9.97 Å². The fourth-order valence-electron chi connectivity index (χ4n) is 2.52. The number of hydrogen-bond acceptors (Lipinski definition) is 5. The van der Waals surface area contributed by atoms with Crippen LogP contribution in [0.25, 0.3) is 0 Å². The highest BCUT2D eigenvalue weighted by molar-refractivity contribution is 6.01. The first-order chi connectivity index (χ1) is 12.1. The van der Waals surface area contributed by atoms with Gasteiger partial charge in [0.1, 0.15) is 23.5 Å². The minimum Gasteiger partial charge on any atom is -0.457 e. The van der Waals surface area contributed by atoms with Crippen LogP contribution in [0.3, 0.4) is 0 Å². The van der Waals surface area contributed by atoms with E-state index in [9.17, 15) is 4.79 Å². The lowest BCUT2D eigenvalue weighted by molar-refractivity contribution is -0.115. The van der Waals surface area contributed by atoms with Gasteiger partial charge in [0.05, 0.1) is 5.69 Å². The lowest BCUT2D eigenvalue weighted by atomic mass is 10.2. The van der Waals surface area contributed by atoms with Crippen LogP contribution in [-0.4, -0.2) is 15.9 Å². The van der Waals surface area contributed by atoms with Gasteiger partial charge in [-0.15, -0.1) is 0 Å².